The molecule has 7 nitrogen and oxygen atoms in total. The Bertz CT molecular complexity index is 511. The van der Waals surface area contributed by atoms with Crippen molar-refractivity contribution in [2.24, 2.45) is 0 Å². The van der Waals surface area contributed by atoms with E-state index in [2.05, 4.69) is 5.10 Å². The molecule has 0 saturated heterocycles. The largest absolute Gasteiger partial charge is 0.378 e. The van der Waals surface area contributed by atoms with E-state index in [-0.39, 0.29) is 6.10 Å². The molecule has 0 N–H and O–H groups in total. The molecule has 0 spiro atoms. The molecule has 1 atom stereocenters. The normalized spacial score (nSPS) is 21.9. The van der Waals surface area contributed by atoms with Gasteiger partial charge in [-0.2, -0.15) is 22.1 Å². The Morgan fingerprint density at radius 2 is 2.17 bits per heavy atom. The van der Waals surface area contributed by atoms with Crippen LogP contribution in [-0.4, -0.2) is 60.7 Å². The maximum Gasteiger partial charge on any atom is 0.281 e. The third-order valence-electron chi connectivity index (χ3n) is 3.05. The highest BCUT2D eigenvalue weighted by atomic mass is 32.2. The second-order valence-corrected chi connectivity index (χ2v) is 6.59. The molecule has 1 aliphatic heterocycles. The average molecular weight is 274 g/mol. The molecule has 102 valence electrons. The number of nitrogens with zero attached hydrogens (tertiary/aromatic N) is 4. The molecule has 0 amide bonds. The monoisotopic (exact) mass is 274 g/mol. The van der Waals surface area contributed by atoms with Crippen molar-refractivity contribution in [2.45, 2.75) is 19.2 Å². The first-order chi connectivity index (χ1) is 8.45. The van der Waals surface area contributed by atoms with Crippen LogP contribution in [0.15, 0.2) is 12.3 Å². The summed E-state index contributed by atoms with van der Waals surface area (Å²) >= 11 is 0. The molecule has 0 fully saturated rings. The number of ether oxygens (including phenoxy) is 1. The fourth-order valence-corrected chi connectivity index (χ4v) is 3.05. The van der Waals surface area contributed by atoms with Crippen LogP contribution in [0.4, 0.5) is 0 Å². The van der Waals surface area contributed by atoms with Crippen molar-refractivity contribution in [3.63, 3.8) is 0 Å². The van der Waals surface area contributed by atoms with Gasteiger partial charge in [-0.15, -0.1) is 0 Å². The van der Waals surface area contributed by atoms with Gasteiger partial charge >= 0.3 is 0 Å². The molecule has 0 unspecified atom stereocenters. The molecule has 8 heteroatoms. The van der Waals surface area contributed by atoms with Gasteiger partial charge in [0.05, 0.1) is 24.9 Å². The smallest absolute Gasteiger partial charge is 0.281 e. The molecular weight excluding hydrogens is 256 g/mol. The lowest BCUT2D eigenvalue weighted by Gasteiger charge is -2.25. The van der Waals surface area contributed by atoms with Crippen LogP contribution in [-0.2, 0) is 28.0 Å². The van der Waals surface area contributed by atoms with Crippen molar-refractivity contribution in [3.8, 4) is 0 Å². The minimum Gasteiger partial charge on any atom is -0.378 e. The summed E-state index contributed by atoms with van der Waals surface area (Å²) in [6, 6.07) is 1.83. The molecule has 0 aliphatic carbocycles. The highest BCUT2D eigenvalue weighted by molar-refractivity contribution is 7.86. The Kier molecular flexibility index (Phi) is 3.71. The number of hydrogen-bond donors (Lipinski definition) is 0. The first-order valence-electron chi connectivity index (χ1n) is 5.66. The Morgan fingerprint density at radius 1 is 1.44 bits per heavy atom. The third kappa shape index (κ3) is 2.41. The third-order valence-corrected chi connectivity index (χ3v) is 4.90. The van der Waals surface area contributed by atoms with E-state index >= 15 is 0 Å². The van der Waals surface area contributed by atoms with E-state index in [1.54, 1.807) is 18.0 Å². The van der Waals surface area contributed by atoms with E-state index < -0.39 is 10.2 Å². The minimum atomic E-state index is -3.44. The number of hydrogen-bond acceptors (Lipinski definition) is 4. The van der Waals surface area contributed by atoms with Crippen LogP contribution in [0.2, 0.25) is 0 Å². The van der Waals surface area contributed by atoms with Gasteiger partial charge in [0, 0.05) is 33.9 Å². The minimum absolute atomic E-state index is 0.194. The summed E-state index contributed by atoms with van der Waals surface area (Å²) in [6.45, 7) is 1.22. The zero-order valence-electron chi connectivity index (χ0n) is 10.8. The molecule has 1 aromatic heterocycles. The van der Waals surface area contributed by atoms with E-state index in [1.165, 1.54) is 22.7 Å². The van der Waals surface area contributed by atoms with Crippen LogP contribution in [0.5, 0.6) is 0 Å². The summed E-state index contributed by atoms with van der Waals surface area (Å²) in [5, 5.41) is 4.18. The number of rotatable bonds is 3. The highest BCUT2D eigenvalue weighted by Gasteiger charge is 2.31. The SMILES string of the molecule is CO[C@H]1CN(S(=O)(=O)N(C)C)Cc2ccnn2C1. The molecule has 0 radical (unpaired) electrons. The van der Waals surface area contributed by atoms with Crippen molar-refractivity contribution < 1.29 is 13.2 Å². The van der Waals surface area contributed by atoms with Gasteiger partial charge in [-0.1, -0.05) is 0 Å². The molecular formula is C10H18N4O3S. The standard InChI is InChI=1S/C10H18N4O3S/c1-12(2)18(15,16)13-6-9-4-5-11-14(9)8-10(7-13)17-3/h4-5,10H,6-8H2,1-3H3/t10-/m0/s1. The molecule has 2 heterocycles. The molecule has 2 rings (SSSR count). The predicted molar refractivity (Wildman–Crippen MR) is 66.0 cm³/mol. The zero-order valence-corrected chi connectivity index (χ0v) is 11.6. The quantitative estimate of drug-likeness (QED) is 0.746. The lowest BCUT2D eigenvalue weighted by molar-refractivity contribution is 0.0737. The van der Waals surface area contributed by atoms with Crippen molar-refractivity contribution in [1.29, 1.82) is 0 Å². The van der Waals surface area contributed by atoms with Crippen molar-refractivity contribution in [1.82, 2.24) is 18.4 Å². The van der Waals surface area contributed by atoms with E-state index in [0.29, 0.717) is 19.6 Å². The van der Waals surface area contributed by atoms with Crippen LogP contribution in [0.3, 0.4) is 0 Å². The van der Waals surface area contributed by atoms with Gasteiger partial charge in [-0.3, -0.25) is 4.68 Å². The van der Waals surface area contributed by atoms with Gasteiger partial charge in [0.2, 0.25) is 0 Å². The second-order valence-electron chi connectivity index (χ2n) is 4.45. The van der Waals surface area contributed by atoms with E-state index in [1.807, 2.05) is 6.07 Å². The average Bonchev–Trinajstić information content (AvgIpc) is 2.66. The summed E-state index contributed by atoms with van der Waals surface area (Å²) in [5.41, 5.74) is 0.875. The molecule has 1 aromatic rings. The van der Waals surface area contributed by atoms with Crippen LogP contribution < -0.4 is 0 Å². The number of fused-ring (bicyclic) bond motifs is 1. The van der Waals surface area contributed by atoms with Gasteiger partial charge in [0.15, 0.2) is 0 Å². The molecule has 1 aliphatic rings. The second kappa shape index (κ2) is 4.96. The van der Waals surface area contributed by atoms with E-state index in [9.17, 15) is 8.42 Å². The Morgan fingerprint density at radius 3 is 2.78 bits per heavy atom. The van der Waals surface area contributed by atoms with E-state index in [0.717, 1.165) is 5.69 Å². The molecule has 0 aromatic carbocycles. The topological polar surface area (TPSA) is 67.7 Å². The Labute approximate surface area is 107 Å². The van der Waals surface area contributed by atoms with E-state index in [4.69, 9.17) is 4.74 Å². The predicted octanol–water partition coefficient (Wildman–Crippen LogP) is -0.480. The van der Waals surface area contributed by atoms with Crippen LogP contribution >= 0.6 is 0 Å². The maximum absolute atomic E-state index is 12.2. The fourth-order valence-electron chi connectivity index (χ4n) is 1.94. The fraction of sp³-hybridized carbons (Fsp3) is 0.700. The maximum atomic E-state index is 12.2. The molecule has 18 heavy (non-hydrogen) atoms. The summed E-state index contributed by atoms with van der Waals surface area (Å²) in [4.78, 5) is 0. The van der Waals surface area contributed by atoms with Crippen LogP contribution in [0, 0.1) is 0 Å². The lowest BCUT2D eigenvalue weighted by atomic mass is 10.3. The molecule has 0 saturated carbocycles. The Hall–Kier alpha value is -0.960. The van der Waals surface area contributed by atoms with Crippen LogP contribution in [0.25, 0.3) is 0 Å². The summed E-state index contributed by atoms with van der Waals surface area (Å²) in [7, 11) is 1.20. The highest BCUT2D eigenvalue weighted by Crippen LogP contribution is 2.17. The van der Waals surface area contributed by atoms with Gasteiger partial charge < -0.3 is 4.74 Å². The van der Waals surface area contributed by atoms with Gasteiger partial charge in [0.25, 0.3) is 10.2 Å². The first-order valence-corrected chi connectivity index (χ1v) is 7.06. The summed E-state index contributed by atoms with van der Waals surface area (Å²) in [5.74, 6) is 0. The van der Waals surface area contributed by atoms with Crippen molar-refractivity contribution in [2.75, 3.05) is 27.7 Å². The van der Waals surface area contributed by atoms with Crippen molar-refractivity contribution >= 4 is 10.2 Å². The summed E-state index contributed by atoms with van der Waals surface area (Å²) < 4.78 is 34.1. The van der Waals surface area contributed by atoms with Crippen molar-refractivity contribution in [3.05, 3.63) is 18.0 Å². The summed E-state index contributed by atoms with van der Waals surface area (Å²) in [6.07, 6.45) is 1.48. The van der Waals surface area contributed by atoms with Gasteiger partial charge in [-0.05, 0) is 6.07 Å². The Balaban J connectivity index is 2.33. The van der Waals surface area contributed by atoms with Gasteiger partial charge in [-0.25, -0.2) is 0 Å². The lowest BCUT2D eigenvalue weighted by Crippen LogP contribution is -2.43. The number of methoxy groups -OCH3 is 1. The first kappa shape index (κ1) is 13.5. The molecule has 0 bridgehead atoms. The number of aromatic nitrogens is 2. The van der Waals surface area contributed by atoms with Gasteiger partial charge in [0.1, 0.15) is 0 Å². The van der Waals surface area contributed by atoms with Crippen LogP contribution in [0.1, 0.15) is 5.69 Å². The zero-order chi connectivity index (χ0) is 13.3.